The van der Waals surface area contributed by atoms with Crippen LogP contribution < -0.4 is 31.9 Å². The molecule has 0 unspecified atom stereocenters. The van der Waals surface area contributed by atoms with Gasteiger partial charge in [0.25, 0.3) is 23.6 Å². The minimum Gasteiger partial charge on any atom is -0.550 e. The number of amides is 4. The third kappa shape index (κ3) is 20.8. The summed E-state index contributed by atoms with van der Waals surface area (Å²) in [5.41, 5.74) is 11.3. The normalized spacial score (nSPS) is 18.1. The zero-order valence-electron chi connectivity index (χ0n) is 24.6. The summed E-state index contributed by atoms with van der Waals surface area (Å²) in [6.07, 6.45) is 13.5. The number of nitrogens with zero attached hydrogens (tertiary/aromatic N) is 2. The first-order valence-corrected chi connectivity index (χ1v) is 14.1. The Morgan fingerprint density at radius 2 is 0.867 bits per heavy atom. The topological polar surface area (TPSA) is 287 Å². The number of unbranched alkanes of at least 4 members (excludes halogenated alkanes) is 4. The average Bonchev–Trinajstić information content (AvgIpc) is 3.45. The van der Waals surface area contributed by atoms with Gasteiger partial charge in [0.05, 0.1) is 11.9 Å². The monoisotopic (exact) mass is 817 g/mol. The molecule has 252 valence electrons. The molecule has 2 aliphatic heterocycles. The van der Waals surface area contributed by atoms with Crippen molar-refractivity contribution in [2.75, 3.05) is 13.1 Å². The third-order valence-corrected chi connectivity index (χ3v) is 6.37. The molecule has 4 N–H and O–H groups in total. The average molecular weight is 818 g/mol. The van der Waals surface area contributed by atoms with E-state index in [1.54, 1.807) is 0 Å². The van der Waals surface area contributed by atoms with E-state index in [9.17, 15) is 39.0 Å². The number of rotatable bonds is 12. The second-order valence-corrected chi connectivity index (χ2v) is 9.88. The van der Waals surface area contributed by atoms with E-state index >= 15 is 0 Å². The smallest absolute Gasteiger partial charge is 0.550 e. The van der Waals surface area contributed by atoms with Crippen LogP contribution in [0.4, 0.5) is 0 Å². The molecule has 0 bridgehead atoms. The molecule has 0 aromatic heterocycles. The van der Waals surface area contributed by atoms with Crippen molar-refractivity contribution in [1.29, 1.82) is 0 Å². The molecule has 4 amide bonds. The van der Waals surface area contributed by atoms with Crippen LogP contribution in [0.5, 0.6) is 0 Å². The van der Waals surface area contributed by atoms with Gasteiger partial charge in [0.2, 0.25) is 0 Å². The van der Waals surface area contributed by atoms with Crippen LogP contribution in [0.15, 0.2) is 24.3 Å². The summed E-state index contributed by atoms with van der Waals surface area (Å²) in [5.74, 6) is -7.67. The van der Waals surface area contributed by atoms with Crippen molar-refractivity contribution in [2.24, 2.45) is 11.5 Å². The van der Waals surface area contributed by atoms with E-state index in [-0.39, 0.29) is 69.6 Å². The van der Waals surface area contributed by atoms with Crippen molar-refractivity contribution in [3.05, 3.63) is 24.3 Å². The summed E-state index contributed by atoms with van der Waals surface area (Å²) in [5, 5.41) is 38.0. The Labute approximate surface area is 274 Å². The number of carbonyl (C=O) groups excluding carboxylic acids is 8. The number of hydrogen-bond donors (Lipinski definition) is 2. The minimum absolute atomic E-state index is 0. The number of carboxylic acid groups (broad SMARTS) is 4. The van der Waals surface area contributed by atoms with Gasteiger partial charge in [0.15, 0.2) is 0 Å². The molecule has 17 heteroatoms. The van der Waals surface area contributed by atoms with Gasteiger partial charge in [0.1, 0.15) is 0 Å². The number of carbonyl (C=O) groups is 8. The molecular formula is C28H38N4O12Pt. The summed E-state index contributed by atoms with van der Waals surface area (Å²) in [7, 11) is 0. The Morgan fingerprint density at radius 3 is 1.09 bits per heavy atom. The molecule has 0 aromatic rings. The maximum Gasteiger partial charge on any atom is 4.00 e. The zero-order chi connectivity index (χ0) is 33.7. The van der Waals surface area contributed by atoms with Gasteiger partial charge >= 0.3 is 21.1 Å². The van der Waals surface area contributed by atoms with Gasteiger partial charge in [-0.1, -0.05) is 25.7 Å². The Morgan fingerprint density at radius 1 is 0.578 bits per heavy atom. The Balaban J connectivity index is 0. The van der Waals surface area contributed by atoms with Crippen LogP contribution in [0.3, 0.4) is 0 Å². The maximum absolute atomic E-state index is 11.1. The van der Waals surface area contributed by atoms with E-state index in [4.69, 9.17) is 31.3 Å². The van der Waals surface area contributed by atoms with Crippen molar-refractivity contribution in [3.8, 4) is 0 Å². The van der Waals surface area contributed by atoms with Gasteiger partial charge in [-0.3, -0.25) is 29.0 Å². The van der Waals surface area contributed by atoms with Gasteiger partial charge < -0.3 is 51.1 Å². The van der Waals surface area contributed by atoms with Crippen LogP contribution in [-0.2, 0) is 59.4 Å². The van der Waals surface area contributed by atoms with Crippen molar-refractivity contribution >= 4 is 47.5 Å². The van der Waals surface area contributed by atoms with Crippen LogP contribution in [-0.4, -0.2) is 82.5 Å². The van der Waals surface area contributed by atoms with Crippen molar-refractivity contribution < 1.29 is 79.8 Å². The molecule has 16 nitrogen and oxygen atoms in total. The van der Waals surface area contributed by atoms with E-state index in [1.807, 2.05) is 0 Å². The molecule has 1 aliphatic carbocycles. The summed E-state index contributed by atoms with van der Waals surface area (Å²) >= 11 is 0. The molecule has 1 saturated carbocycles. The maximum atomic E-state index is 11.1. The molecule has 1 fully saturated rings. The number of carboxylic acids is 4. The number of hydrogen-bond acceptors (Lipinski definition) is 14. The van der Waals surface area contributed by atoms with E-state index < -0.39 is 23.9 Å². The molecule has 2 atom stereocenters. The predicted octanol–water partition coefficient (Wildman–Crippen LogP) is -4.86. The van der Waals surface area contributed by atoms with E-state index in [0.717, 1.165) is 22.6 Å². The van der Waals surface area contributed by atoms with Crippen LogP contribution in [0.25, 0.3) is 0 Å². The van der Waals surface area contributed by atoms with Gasteiger partial charge in [-0.25, -0.2) is 0 Å². The summed E-state index contributed by atoms with van der Waals surface area (Å²) in [6.45, 7) is 0.718. The predicted molar refractivity (Wildman–Crippen MR) is 143 cm³/mol. The van der Waals surface area contributed by atoms with Crippen LogP contribution in [0, 0.1) is 0 Å². The van der Waals surface area contributed by atoms with Crippen molar-refractivity contribution in [2.45, 2.75) is 89.1 Å². The Bertz CT molecular complexity index is 975. The summed E-state index contributed by atoms with van der Waals surface area (Å²) in [6, 6.07) is 0.562. The summed E-state index contributed by atoms with van der Waals surface area (Å²) < 4.78 is 0. The van der Waals surface area contributed by atoms with Gasteiger partial charge in [0, 0.05) is 61.4 Å². The standard InChI is InChI=1S/2C10H13NO4.C6H14N2.C2H2O4.Pt/c2*12-8-5-6-9(13)11(8)7-3-1-2-4-10(14)15;7-5-3-1-2-4-6(5)8;3-1(4)2(5)6;/h2*5-6H,1-4,7H2,(H,14,15);5-6H,1-4,7-8H2;(H,3,4)(H,5,6);/q;;;;+4/p-4/t;;5-,6-;;/m..1../s1. The van der Waals surface area contributed by atoms with Crippen molar-refractivity contribution in [3.63, 3.8) is 0 Å². The largest absolute Gasteiger partial charge is 4.00 e. The molecule has 45 heavy (non-hydrogen) atoms. The quantitative estimate of drug-likeness (QED) is 0.106. The number of imide groups is 2. The molecular weight excluding hydrogens is 779 g/mol. The molecule has 3 rings (SSSR count). The first kappa shape index (κ1) is 43.4. The summed E-state index contributed by atoms with van der Waals surface area (Å²) in [4.78, 5) is 84.6. The minimum atomic E-state index is -2.19. The van der Waals surface area contributed by atoms with Gasteiger partial charge in [-0.15, -0.1) is 0 Å². The molecule has 3 aliphatic rings. The van der Waals surface area contributed by atoms with Gasteiger partial charge in [-0.05, 0) is 51.4 Å². The number of aliphatic carboxylic acids is 4. The Hall–Kier alpha value is -3.75. The van der Waals surface area contributed by atoms with Crippen LogP contribution in [0.1, 0.15) is 77.0 Å². The molecule has 0 radical (unpaired) electrons. The van der Waals surface area contributed by atoms with Crippen molar-refractivity contribution in [1.82, 2.24) is 9.80 Å². The Kier molecular flexibility index (Phi) is 23.7. The van der Waals surface area contributed by atoms with Gasteiger partial charge in [-0.2, -0.15) is 0 Å². The van der Waals surface area contributed by atoms with E-state index in [1.165, 1.54) is 37.1 Å². The molecule has 0 aromatic carbocycles. The second kappa shape index (κ2) is 24.6. The fraction of sp³-hybridized carbons (Fsp3) is 0.571. The van der Waals surface area contributed by atoms with E-state index in [2.05, 4.69) is 0 Å². The first-order valence-electron chi connectivity index (χ1n) is 14.1. The molecule has 0 spiro atoms. The van der Waals surface area contributed by atoms with E-state index in [0.29, 0.717) is 51.6 Å². The van der Waals surface area contributed by atoms with Crippen LogP contribution >= 0.6 is 0 Å². The number of nitrogens with two attached hydrogens (primary N) is 2. The zero-order valence-corrected chi connectivity index (χ0v) is 26.9. The fourth-order valence-corrected chi connectivity index (χ4v) is 3.92. The second-order valence-electron chi connectivity index (χ2n) is 9.88. The van der Waals surface area contributed by atoms with Crippen LogP contribution in [0.2, 0.25) is 0 Å². The third-order valence-electron chi connectivity index (χ3n) is 6.37. The molecule has 0 saturated heterocycles. The fourth-order valence-electron chi connectivity index (χ4n) is 3.92. The SMILES string of the molecule is N[C@@H]1CCCC[C@H]1N.O=C([O-])C(=O)[O-].O=C([O-])CCCCCN1C(=O)C=CC1=O.O=C([O-])CCCCCN1C(=O)C=CC1=O.[Pt+4]. The first-order chi connectivity index (χ1) is 20.7. The molecule has 2 heterocycles.